The highest BCUT2D eigenvalue weighted by molar-refractivity contribution is 6.20. The Bertz CT molecular complexity index is 973. The monoisotopic (exact) mass is 371 g/mol. The SMILES string of the molecule is O=C(O)CC[C@@H]1N=C(c2ccccc2F)c2cc([N+](=O)[O-])ccc2NC1=O. The number of carbonyl (C=O) groups excluding carboxylic acids is 1. The lowest BCUT2D eigenvalue weighted by Crippen LogP contribution is -2.26. The van der Waals surface area contributed by atoms with Crippen LogP contribution >= 0.6 is 0 Å². The smallest absolute Gasteiger partial charge is 0.303 e. The molecule has 27 heavy (non-hydrogen) atoms. The maximum atomic E-state index is 14.4. The number of halogens is 1. The topological polar surface area (TPSA) is 122 Å². The van der Waals surface area contributed by atoms with Crippen LogP contribution in [-0.2, 0) is 9.59 Å². The minimum atomic E-state index is -1.09. The van der Waals surface area contributed by atoms with Crippen LogP contribution in [0.2, 0.25) is 0 Å². The number of amides is 1. The van der Waals surface area contributed by atoms with E-state index in [0.29, 0.717) is 0 Å². The van der Waals surface area contributed by atoms with E-state index in [1.165, 1.54) is 36.4 Å². The number of hydrogen-bond donors (Lipinski definition) is 2. The molecular formula is C18H14FN3O5. The largest absolute Gasteiger partial charge is 0.481 e. The summed E-state index contributed by atoms with van der Waals surface area (Å²) in [6.07, 6.45) is -0.391. The molecule has 0 fully saturated rings. The quantitative estimate of drug-likeness (QED) is 0.618. The van der Waals surface area contributed by atoms with Gasteiger partial charge in [0.25, 0.3) is 5.69 Å². The third-order valence-electron chi connectivity index (χ3n) is 4.08. The van der Waals surface area contributed by atoms with Crippen LogP contribution in [-0.4, -0.2) is 33.7 Å². The van der Waals surface area contributed by atoms with Crippen molar-refractivity contribution in [2.45, 2.75) is 18.9 Å². The molecule has 0 aromatic heterocycles. The van der Waals surface area contributed by atoms with Crippen molar-refractivity contribution in [3.8, 4) is 0 Å². The molecule has 138 valence electrons. The van der Waals surface area contributed by atoms with Gasteiger partial charge in [-0.25, -0.2) is 4.39 Å². The van der Waals surface area contributed by atoms with E-state index in [0.717, 1.165) is 0 Å². The first-order chi connectivity index (χ1) is 12.9. The molecule has 1 aliphatic heterocycles. The number of nitro benzene ring substituents is 1. The molecule has 1 heterocycles. The number of nitro groups is 1. The summed E-state index contributed by atoms with van der Waals surface area (Å²) >= 11 is 0. The van der Waals surface area contributed by atoms with Gasteiger partial charge in [-0.05, 0) is 24.6 Å². The normalized spacial score (nSPS) is 16.0. The van der Waals surface area contributed by atoms with Gasteiger partial charge in [-0.15, -0.1) is 0 Å². The fourth-order valence-corrected chi connectivity index (χ4v) is 2.77. The summed E-state index contributed by atoms with van der Waals surface area (Å²) in [6.45, 7) is 0. The van der Waals surface area contributed by atoms with Crippen molar-refractivity contribution in [3.05, 3.63) is 69.5 Å². The average molecular weight is 371 g/mol. The fraction of sp³-hybridized carbons (Fsp3) is 0.167. The highest BCUT2D eigenvalue weighted by Crippen LogP contribution is 2.29. The van der Waals surface area contributed by atoms with Gasteiger partial charge in [-0.2, -0.15) is 0 Å². The van der Waals surface area contributed by atoms with Gasteiger partial charge in [-0.1, -0.05) is 12.1 Å². The first-order valence-electron chi connectivity index (χ1n) is 8.01. The first kappa shape index (κ1) is 18.2. The van der Waals surface area contributed by atoms with E-state index in [2.05, 4.69) is 10.3 Å². The zero-order valence-electron chi connectivity index (χ0n) is 13.9. The van der Waals surface area contributed by atoms with Crippen molar-refractivity contribution in [1.29, 1.82) is 0 Å². The zero-order chi connectivity index (χ0) is 19.6. The predicted molar refractivity (Wildman–Crippen MR) is 94.4 cm³/mol. The van der Waals surface area contributed by atoms with Gasteiger partial charge < -0.3 is 10.4 Å². The van der Waals surface area contributed by atoms with E-state index < -0.39 is 28.7 Å². The van der Waals surface area contributed by atoms with E-state index in [1.807, 2.05) is 0 Å². The molecule has 1 atom stereocenters. The summed E-state index contributed by atoms with van der Waals surface area (Å²) in [6, 6.07) is 8.42. The summed E-state index contributed by atoms with van der Waals surface area (Å²) in [5.74, 6) is -2.26. The van der Waals surface area contributed by atoms with Crippen LogP contribution in [0.15, 0.2) is 47.5 Å². The number of benzodiazepines with no additional fused rings is 1. The van der Waals surface area contributed by atoms with Gasteiger partial charge in [0.1, 0.15) is 11.9 Å². The Kier molecular flexibility index (Phi) is 4.93. The molecule has 0 saturated heterocycles. The van der Waals surface area contributed by atoms with Gasteiger partial charge in [0.15, 0.2) is 0 Å². The third-order valence-corrected chi connectivity index (χ3v) is 4.08. The van der Waals surface area contributed by atoms with E-state index in [9.17, 15) is 24.1 Å². The fourth-order valence-electron chi connectivity index (χ4n) is 2.77. The summed E-state index contributed by atoms with van der Waals surface area (Å²) in [5.41, 5.74) is 0.318. The Hall–Kier alpha value is -3.62. The van der Waals surface area contributed by atoms with Gasteiger partial charge in [-0.3, -0.25) is 24.7 Å². The minimum absolute atomic E-state index is 0.0561. The van der Waals surface area contributed by atoms with Gasteiger partial charge in [0.2, 0.25) is 5.91 Å². The first-order valence-corrected chi connectivity index (χ1v) is 8.01. The summed E-state index contributed by atoms with van der Waals surface area (Å²) < 4.78 is 14.4. The van der Waals surface area contributed by atoms with Crippen molar-refractivity contribution in [2.75, 3.05) is 5.32 Å². The molecule has 0 saturated carbocycles. The second kappa shape index (κ2) is 7.32. The van der Waals surface area contributed by atoms with Gasteiger partial charge in [0, 0.05) is 29.7 Å². The molecule has 2 aromatic carbocycles. The average Bonchev–Trinajstić information content (AvgIpc) is 2.76. The molecule has 0 aliphatic carbocycles. The number of non-ortho nitro benzene ring substituents is 1. The standard InChI is InChI=1S/C18H14FN3O5/c19-13-4-2-1-3-11(13)17-12-9-10(22(26)27)5-6-14(12)21-18(25)15(20-17)7-8-16(23)24/h1-6,9,15H,7-8H2,(H,21,25)(H,23,24)/t15-/m0/s1. The van der Waals surface area contributed by atoms with Crippen LogP contribution in [0.5, 0.6) is 0 Å². The summed E-state index contributed by atoms with van der Waals surface area (Å²) in [4.78, 5) is 38.1. The zero-order valence-corrected chi connectivity index (χ0v) is 13.9. The minimum Gasteiger partial charge on any atom is -0.481 e. The number of nitrogens with zero attached hydrogens (tertiary/aromatic N) is 2. The van der Waals surface area contributed by atoms with Crippen molar-refractivity contribution in [2.24, 2.45) is 4.99 Å². The second-order valence-corrected chi connectivity index (χ2v) is 5.88. The van der Waals surface area contributed by atoms with Crippen molar-refractivity contribution in [1.82, 2.24) is 0 Å². The number of benzene rings is 2. The number of anilines is 1. The van der Waals surface area contributed by atoms with E-state index in [4.69, 9.17) is 5.11 Å². The molecule has 0 unspecified atom stereocenters. The Morgan fingerprint density at radius 3 is 2.67 bits per heavy atom. The molecule has 3 rings (SSSR count). The number of nitrogens with one attached hydrogen (secondary N) is 1. The molecule has 8 nitrogen and oxygen atoms in total. The van der Waals surface area contributed by atoms with Crippen molar-refractivity contribution in [3.63, 3.8) is 0 Å². The Morgan fingerprint density at radius 1 is 1.26 bits per heavy atom. The van der Waals surface area contributed by atoms with Crippen LogP contribution in [0.4, 0.5) is 15.8 Å². The lowest BCUT2D eigenvalue weighted by atomic mass is 9.99. The highest BCUT2D eigenvalue weighted by atomic mass is 19.1. The maximum absolute atomic E-state index is 14.4. The number of carboxylic acid groups (broad SMARTS) is 1. The van der Waals surface area contributed by atoms with Crippen molar-refractivity contribution < 1.29 is 24.0 Å². The van der Waals surface area contributed by atoms with Crippen LogP contribution in [0.3, 0.4) is 0 Å². The lowest BCUT2D eigenvalue weighted by Gasteiger charge is -2.10. The van der Waals surface area contributed by atoms with Gasteiger partial charge in [0.05, 0.1) is 16.3 Å². The van der Waals surface area contributed by atoms with E-state index in [1.54, 1.807) is 6.07 Å². The molecule has 1 amide bonds. The molecule has 9 heteroatoms. The van der Waals surface area contributed by atoms with Crippen LogP contribution in [0.1, 0.15) is 24.0 Å². The van der Waals surface area contributed by atoms with Crippen LogP contribution < -0.4 is 5.32 Å². The summed E-state index contributed by atoms with van der Waals surface area (Å²) in [5, 5.41) is 22.6. The Balaban J connectivity index is 2.19. The molecule has 2 N–H and O–H groups in total. The number of fused-ring (bicyclic) bond motifs is 1. The molecular weight excluding hydrogens is 357 g/mol. The Morgan fingerprint density at radius 2 is 2.00 bits per heavy atom. The second-order valence-electron chi connectivity index (χ2n) is 5.88. The number of hydrogen-bond acceptors (Lipinski definition) is 5. The number of carbonyl (C=O) groups is 2. The predicted octanol–water partition coefficient (Wildman–Crippen LogP) is 2.76. The summed E-state index contributed by atoms with van der Waals surface area (Å²) in [7, 11) is 0. The van der Waals surface area contributed by atoms with Crippen molar-refractivity contribution >= 4 is 29.0 Å². The molecule has 0 bridgehead atoms. The van der Waals surface area contributed by atoms with E-state index in [-0.39, 0.29) is 41.1 Å². The number of aliphatic imine (C=N–C) groups is 1. The Labute approximate surface area is 152 Å². The van der Waals surface area contributed by atoms with Gasteiger partial charge >= 0.3 is 5.97 Å². The third kappa shape index (κ3) is 3.81. The molecule has 2 aromatic rings. The molecule has 0 radical (unpaired) electrons. The van der Waals surface area contributed by atoms with Crippen LogP contribution in [0.25, 0.3) is 0 Å². The lowest BCUT2D eigenvalue weighted by molar-refractivity contribution is -0.384. The molecule has 0 spiro atoms. The van der Waals surface area contributed by atoms with E-state index >= 15 is 0 Å². The highest BCUT2D eigenvalue weighted by Gasteiger charge is 2.28. The van der Waals surface area contributed by atoms with Crippen LogP contribution in [0, 0.1) is 15.9 Å². The number of carboxylic acids is 1. The number of aliphatic carboxylic acids is 1. The molecule has 1 aliphatic rings. The maximum Gasteiger partial charge on any atom is 0.303 e. The number of rotatable bonds is 5.